The van der Waals surface area contributed by atoms with E-state index in [9.17, 15) is 28.8 Å². The molecule has 0 unspecified atom stereocenters. The molecule has 23 nitrogen and oxygen atoms in total. The predicted octanol–water partition coefficient (Wildman–Crippen LogP) is 17.6. The van der Waals surface area contributed by atoms with Crippen LogP contribution in [0.25, 0.3) is 11.2 Å². The Morgan fingerprint density at radius 3 is 1.38 bits per heavy atom. The van der Waals surface area contributed by atoms with E-state index in [4.69, 9.17) is 42.9 Å². The van der Waals surface area contributed by atoms with Gasteiger partial charge in [0.25, 0.3) is 0 Å². The Morgan fingerprint density at radius 2 is 0.892 bits per heavy atom. The minimum Gasteiger partial charge on any atom is -0.466 e. The van der Waals surface area contributed by atoms with Crippen molar-refractivity contribution in [2.75, 3.05) is 150 Å². The molecule has 636 valence electrons. The van der Waals surface area contributed by atoms with Crippen LogP contribution in [0.15, 0.2) is 29.1 Å². The van der Waals surface area contributed by atoms with E-state index in [-0.39, 0.29) is 53.7 Å². The number of unbranched alkanes of at least 4 members (excludes halogenated alkanes) is 30. The summed E-state index contributed by atoms with van der Waals surface area (Å²) in [7, 11) is 1.39. The number of benzene rings is 1. The number of ether oxygens (including phenoxy) is 8. The number of carbonyl (C=O) groups excluding carboxylic acids is 5. The van der Waals surface area contributed by atoms with Crippen molar-refractivity contribution in [1.82, 2.24) is 39.1 Å². The predicted molar refractivity (Wildman–Crippen MR) is 446 cm³/mol. The van der Waals surface area contributed by atoms with Crippen LogP contribution in [0, 0.1) is 0 Å². The molecule has 3 aromatic rings. The summed E-state index contributed by atoms with van der Waals surface area (Å²) in [5, 5.41) is 3.02. The number of carbonyl (C=O) groups is 5. The van der Waals surface area contributed by atoms with E-state index in [2.05, 4.69) is 62.6 Å². The van der Waals surface area contributed by atoms with Gasteiger partial charge >= 0.3 is 35.6 Å². The normalized spacial score (nSPS) is 12.6. The summed E-state index contributed by atoms with van der Waals surface area (Å²) in [4.78, 5) is 99.1. The second kappa shape index (κ2) is 67.7. The molecule has 3 heterocycles. The molecule has 0 aliphatic carbocycles. The smallest absolute Gasteiger partial charge is 0.337 e. The third-order valence-corrected chi connectivity index (χ3v) is 21.0. The largest absolute Gasteiger partial charge is 0.466 e. The van der Waals surface area contributed by atoms with Crippen molar-refractivity contribution in [2.24, 2.45) is 0 Å². The first kappa shape index (κ1) is 97.8. The highest BCUT2D eigenvalue weighted by Crippen LogP contribution is 2.23. The number of imidazole rings is 1. The second-order valence-corrected chi connectivity index (χ2v) is 30.8. The van der Waals surface area contributed by atoms with Gasteiger partial charge in [-0.3, -0.25) is 33.5 Å². The Balaban J connectivity index is 1.27. The van der Waals surface area contributed by atoms with Crippen molar-refractivity contribution in [3.8, 4) is 6.01 Å². The van der Waals surface area contributed by atoms with Gasteiger partial charge in [0, 0.05) is 71.5 Å². The first-order valence-electron chi connectivity index (χ1n) is 44.7. The van der Waals surface area contributed by atoms with Crippen LogP contribution in [0.2, 0.25) is 0 Å². The Bertz CT molecular complexity index is 2830. The molecular formula is C88H155N9O14. The highest BCUT2D eigenvalue weighted by Gasteiger charge is 2.21. The molecule has 0 spiro atoms. The van der Waals surface area contributed by atoms with Gasteiger partial charge in [0.15, 0.2) is 11.5 Å². The third-order valence-electron chi connectivity index (χ3n) is 21.0. The van der Waals surface area contributed by atoms with Crippen molar-refractivity contribution >= 4 is 46.8 Å². The number of hydrogen-bond donors (Lipinski definition) is 2. The summed E-state index contributed by atoms with van der Waals surface area (Å²) in [6.45, 7) is 25.5. The van der Waals surface area contributed by atoms with Gasteiger partial charge in [-0.15, -0.1) is 0 Å². The molecule has 1 aliphatic rings. The van der Waals surface area contributed by atoms with Crippen LogP contribution in [0.4, 0.5) is 5.82 Å². The SMILES string of the molecule is CCCCCCCOC(=O)CCCCCCCCN(CCCCCCCCC(=O)OCCCCCCC)CCOCCOCCN(CCCCCCCCC(=O)OCCCCCCC)CCCCCC(=O)Nc1nc(OCCCC)nc2c1[nH]c(=O)n2CCCN(CCCN1CCOCC1)Cc1cccc(C(=O)OC)c1. The summed E-state index contributed by atoms with van der Waals surface area (Å²) in [6.07, 6.45) is 44.3. The van der Waals surface area contributed by atoms with Crippen LogP contribution in [-0.2, 0) is 65.4 Å². The van der Waals surface area contributed by atoms with Crippen LogP contribution >= 0.6 is 0 Å². The number of aryl methyl sites for hydroxylation is 1. The van der Waals surface area contributed by atoms with Gasteiger partial charge in [-0.1, -0.05) is 207 Å². The zero-order chi connectivity index (χ0) is 79.5. The number of hydrogen-bond acceptors (Lipinski definition) is 20. The topological polar surface area (TPSA) is 248 Å². The molecule has 0 atom stereocenters. The number of rotatable bonds is 76. The maximum atomic E-state index is 13.8. The molecule has 111 heavy (non-hydrogen) atoms. The van der Waals surface area contributed by atoms with E-state index in [0.29, 0.717) is 121 Å². The third kappa shape index (κ3) is 50.4. The Hall–Kier alpha value is -5.56. The minimum atomic E-state index is -0.375. The van der Waals surface area contributed by atoms with Crippen molar-refractivity contribution < 1.29 is 61.9 Å². The fourth-order valence-electron chi connectivity index (χ4n) is 14.1. The van der Waals surface area contributed by atoms with Gasteiger partial charge in [-0.05, 0) is 147 Å². The summed E-state index contributed by atoms with van der Waals surface area (Å²) < 4.78 is 47.2. The number of aromatic amines is 1. The molecule has 4 rings (SSSR count). The first-order chi connectivity index (χ1) is 54.5. The average molecular weight is 1560 g/mol. The molecular weight excluding hydrogens is 1410 g/mol. The lowest BCUT2D eigenvalue weighted by Gasteiger charge is -2.28. The second-order valence-electron chi connectivity index (χ2n) is 30.8. The van der Waals surface area contributed by atoms with Crippen LogP contribution in [0.3, 0.4) is 0 Å². The van der Waals surface area contributed by atoms with Crippen LogP contribution in [0.5, 0.6) is 6.01 Å². The lowest BCUT2D eigenvalue weighted by molar-refractivity contribution is -0.144. The minimum absolute atomic E-state index is 0.0501. The van der Waals surface area contributed by atoms with E-state index >= 15 is 0 Å². The maximum absolute atomic E-state index is 13.8. The average Bonchev–Trinajstić information content (AvgIpc) is 1.64. The summed E-state index contributed by atoms with van der Waals surface area (Å²) in [5.74, 6) is -0.517. The fraction of sp³-hybridized carbons (Fsp3) is 0.818. The molecule has 1 aliphatic heterocycles. The monoisotopic (exact) mass is 1560 g/mol. The molecule has 1 amide bonds. The number of morpholine rings is 1. The lowest BCUT2D eigenvalue weighted by atomic mass is 10.1. The number of methoxy groups -OCH3 is 1. The number of H-pyrrole nitrogens is 1. The molecule has 0 saturated carbocycles. The molecule has 0 bridgehead atoms. The molecule has 23 heteroatoms. The Morgan fingerprint density at radius 1 is 0.459 bits per heavy atom. The van der Waals surface area contributed by atoms with E-state index < -0.39 is 0 Å². The van der Waals surface area contributed by atoms with Crippen LogP contribution < -0.4 is 15.7 Å². The highest BCUT2D eigenvalue weighted by molar-refractivity contribution is 5.97. The first-order valence-corrected chi connectivity index (χ1v) is 44.7. The number of amides is 1. The van der Waals surface area contributed by atoms with Gasteiger partial charge in [0.1, 0.15) is 5.52 Å². The van der Waals surface area contributed by atoms with Gasteiger partial charge in [0.05, 0.1) is 78.7 Å². The van der Waals surface area contributed by atoms with Crippen molar-refractivity contribution in [3.63, 3.8) is 0 Å². The van der Waals surface area contributed by atoms with Gasteiger partial charge in [0.2, 0.25) is 5.91 Å². The number of esters is 4. The Kier molecular flexibility index (Phi) is 59.7. The molecule has 2 aromatic heterocycles. The van der Waals surface area contributed by atoms with Crippen molar-refractivity contribution in [2.45, 2.75) is 323 Å². The molecule has 1 saturated heterocycles. The zero-order valence-electron chi connectivity index (χ0n) is 70.5. The van der Waals surface area contributed by atoms with Crippen molar-refractivity contribution in [3.05, 3.63) is 45.9 Å². The van der Waals surface area contributed by atoms with E-state index in [1.165, 1.54) is 90.6 Å². The number of fused-ring (bicyclic) bond motifs is 1. The molecule has 2 N–H and O–H groups in total. The Labute approximate surface area is 670 Å². The number of aromatic nitrogens is 4. The van der Waals surface area contributed by atoms with E-state index in [0.717, 1.165) is 245 Å². The highest BCUT2D eigenvalue weighted by atomic mass is 16.5. The van der Waals surface area contributed by atoms with E-state index in [1.807, 2.05) is 18.2 Å². The molecule has 1 fully saturated rings. The number of nitrogens with one attached hydrogen (secondary N) is 2. The van der Waals surface area contributed by atoms with Crippen LogP contribution in [-0.4, -0.2) is 214 Å². The van der Waals surface area contributed by atoms with Gasteiger partial charge in [-0.25, -0.2) is 9.59 Å². The van der Waals surface area contributed by atoms with Crippen molar-refractivity contribution in [1.29, 1.82) is 0 Å². The van der Waals surface area contributed by atoms with Gasteiger partial charge in [-0.2, -0.15) is 9.97 Å². The van der Waals surface area contributed by atoms with Crippen LogP contribution in [0.1, 0.15) is 326 Å². The quantitative estimate of drug-likeness (QED) is 0.0303. The molecule has 0 radical (unpaired) electrons. The summed E-state index contributed by atoms with van der Waals surface area (Å²) >= 11 is 0. The van der Waals surface area contributed by atoms with E-state index in [1.54, 1.807) is 10.6 Å². The fourth-order valence-corrected chi connectivity index (χ4v) is 14.1. The number of anilines is 1. The maximum Gasteiger partial charge on any atom is 0.337 e. The summed E-state index contributed by atoms with van der Waals surface area (Å²) in [6, 6.07) is 7.65. The lowest BCUT2D eigenvalue weighted by Crippen LogP contribution is -2.38. The zero-order valence-corrected chi connectivity index (χ0v) is 70.5. The van der Waals surface area contributed by atoms with Gasteiger partial charge < -0.3 is 58.0 Å². The summed E-state index contributed by atoms with van der Waals surface area (Å²) in [5.41, 5.74) is 1.91. The number of nitrogens with zero attached hydrogens (tertiary/aromatic N) is 7. The molecule has 1 aromatic carbocycles. The standard InChI is InChI=1S/C88H155N9O14/c1-6-10-14-29-41-66-108-80(99)50-34-23-17-20-26-37-53-93(54-38-27-21-18-24-35-51-81(100)109-67-42-30-15-11-7-2)61-71-106-73-74-107-72-62-94(55-39-28-22-19-25-36-52-82(101)110-68-43-31-16-12-8-3)56-40-32-33-49-79(98)89-84-83-85(92-87(91-84)111-65-13-9-4)97(88(103)90-83)60-46-59-96(58-45-57-95-63-69-105-70-64-95)76-77-47-44-48-78(75-77)86(102)104-5/h44,47-48,75H,6-43,45-46,49-74,76H2,1-5H3,(H,90,103)(H,89,91,92,98).